The molecule has 2 N–H and O–H groups in total. The molecule has 3 heterocycles. The van der Waals surface area contributed by atoms with E-state index < -0.39 is 0 Å². The van der Waals surface area contributed by atoms with Gasteiger partial charge in [-0.15, -0.1) is 0 Å². The minimum Gasteiger partial charge on any atom is -0.378 e. The molecule has 104 valence electrons. The second-order valence-electron chi connectivity index (χ2n) is 4.97. The number of fused-ring (bicyclic) bond motifs is 1. The van der Waals surface area contributed by atoms with Crippen molar-refractivity contribution in [3.63, 3.8) is 0 Å². The van der Waals surface area contributed by atoms with Crippen LogP contribution in [-0.2, 0) is 17.8 Å². The summed E-state index contributed by atoms with van der Waals surface area (Å²) in [5.74, 6) is 5.85. The Balaban J connectivity index is 1.78. The molecule has 0 spiro atoms. The number of ether oxygens (including phenoxy) is 1. The minimum absolute atomic E-state index is 0.00700. The number of morpholine rings is 1. The van der Waals surface area contributed by atoms with E-state index in [1.807, 2.05) is 10.7 Å². The number of aromatic nitrogens is 2. The van der Waals surface area contributed by atoms with Crippen LogP contribution in [0.2, 0.25) is 0 Å². The maximum absolute atomic E-state index is 12.3. The Hall–Kier alpha value is -1.44. The molecule has 0 unspecified atom stereocenters. The number of nitrogens with two attached hydrogens (primary N) is 1. The van der Waals surface area contributed by atoms with E-state index >= 15 is 0 Å². The molecule has 1 amide bonds. The number of hydrazine groups is 1. The zero-order chi connectivity index (χ0) is 13.2. The SMILES string of the molecule is NN1CCCn2nc(C(=O)N3CCOCC3)cc2C1. The van der Waals surface area contributed by atoms with E-state index in [0.29, 0.717) is 38.5 Å². The standard InChI is InChI=1S/C12H19N5O2/c13-16-2-1-3-17-10(9-16)8-11(14-17)12(18)15-4-6-19-7-5-15/h8H,1-7,9,13H2. The lowest BCUT2D eigenvalue weighted by molar-refractivity contribution is 0.0298. The van der Waals surface area contributed by atoms with Gasteiger partial charge in [-0.3, -0.25) is 15.3 Å². The van der Waals surface area contributed by atoms with Gasteiger partial charge in [0.25, 0.3) is 5.91 Å². The average molecular weight is 265 g/mol. The Kier molecular flexibility index (Phi) is 3.50. The van der Waals surface area contributed by atoms with Crippen molar-refractivity contribution in [3.05, 3.63) is 17.5 Å². The van der Waals surface area contributed by atoms with Crippen molar-refractivity contribution < 1.29 is 9.53 Å². The van der Waals surface area contributed by atoms with Gasteiger partial charge in [0.15, 0.2) is 5.69 Å². The predicted molar refractivity (Wildman–Crippen MR) is 68.2 cm³/mol. The average Bonchev–Trinajstić information content (AvgIpc) is 2.74. The predicted octanol–water partition coefficient (Wildman–Crippen LogP) is -0.565. The number of amides is 1. The molecule has 2 aliphatic heterocycles. The fourth-order valence-electron chi connectivity index (χ4n) is 2.52. The van der Waals surface area contributed by atoms with E-state index in [1.165, 1.54) is 0 Å². The Morgan fingerprint density at radius 2 is 2.05 bits per heavy atom. The zero-order valence-corrected chi connectivity index (χ0v) is 10.9. The minimum atomic E-state index is -0.00700. The van der Waals surface area contributed by atoms with Gasteiger partial charge in [-0.25, -0.2) is 5.01 Å². The Morgan fingerprint density at radius 3 is 2.84 bits per heavy atom. The molecule has 0 saturated carbocycles. The smallest absolute Gasteiger partial charge is 0.274 e. The molecule has 1 aromatic rings. The Labute approximate surface area is 111 Å². The van der Waals surface area contributed by atoms with E-state index in [1.54, 1.807) is 9.91 Å². The summed E-state index contributed by atoms with van der Waals surface area (Å²) in [7, 11) is 0. The van der Waals surface area contributed by atoms with Gasteiger partial charge in [-0.2, -0.15) is 5.10 Å². The van der Waals surface area contributed by atoms with Crippen LogP contribution in [-0.4, -0.2) is 58.4 Å². The van der Waals surface area contributed by atoms with Crippen molar-refractivity contribution >= 4 is 5.91 Å². The monoisotopic (exact) mass is 265 g/mol. The third kappa shape index (κ3) is 2.63. The van der Waals surface area contributed by atoms with Crippen LogP contribution in [0.4, 0.5) is 0 Å². The lowest BCUT2D eigenvalue weighted by Crippen LogP contribution is -2.40. The molecular weight excluding hydrogens is 246 g/mol. The van der Waals surface area contributed by atoms with Crippen molar-refractivity contribution in [1.82, 2.24) is 19.7 Å². The van der Waals surface area contributed by atoms with E-state index in [9.17, 15) is 4.79 Å². The number of aryl methyl sites for hydroxylation is 1. The van der Waals surface area contributed by atoms with Gasteiger partial charge in [0, 0.05) is 26.2 Å². The molecule has 0 radical (unpaired) electrons. The number of nitrogens with zero attached hydrogens (tertiary/aromatic N) is 4. The lowest BCUT2D eigenvalue weighted by Gasteiger charge is -2.25. The fourth-order valence-corrected chi connectivity index (χ4v) is 2.52. The summed E-state index contributed by atoms with van der Waals surface area (Å²) in [6.07, 6.45) is 0.955. The fraction of sp³-hybridized carbons (Fsp3) is 0.667. The summed E-state index contributed by atoms with van der Waals surface area (Å²) >= 11 is 0. The van der Waals surface area contributed by atoms with Gasteiger partial charge in [0.1, 0.15) is 0 Å². The first-order valence-electron chi connectivity index (χ1n) is 6.67. The van der Waals surface area contributed by atoms with Crippen LogP contribution >= 0.6 is 0 Å². The molecule has 7 heteroatoms. The number of hydrogen-bond donors (Lipinski definition) is 1. The van der Waals surface area contributed by atoms with E-state index in [2.05, 4.69) is 5.10 Å². The number of carbonyl (C=O) groups excluding carboxylic acids is 1. The second-order valence-corrected chi connectivity index (χ2v) is 4.97. The zero-order valence-electron chi connectivity index (χ0n) is 10.9. The molecule has 0 bridgehead atoms. The summed E-state index contributed by atoms with van der Waals surface area (Å²) in [5, 5.41) is 6.19. The Bertz CT molecular complexity index is 467. The third-order valence-electron chi connectivity index (χ3n) is 3.56. The highest BCUT2D eigenvalue weighted by Gasteiger charge is 2.23. The van der Waals surface area contributed by atoms with Crippen LogP contribution in [0.25, 0.3) is 0 Å². The summed E-state index contributed by atoms with van der Waals surface area (Å²) in [5.41, 5.74) is 1.53. The van der Waals surface area contributed by atoms with Crippen LogP contribution in [0.5, 0.6) is 0 Å². The molecule has 0 atom stereocenters. The van der Waals surface area contributed by atoms with Crippen LogP contribution in [0.15, 0.2) is 6.07 Å². The summed E-state index contributed by atoms with van der Waals surface area (Å²) in [4.78, 5) is 14.1. The highest BCUT2D eigenvalue weighted by molar-refractivity contribution is 5.92. The summed E-state index contributed by atoms with van der Waals surface area (Å²) in [6, 6.07) is 1.86. The maximum atomic E-state index is 12.3. The Morgan fingerprint density at radius 1 is 1.26 bits per heavy atom. The quantitative estimate of drug-likeness (QED) is 0.688. The van der Waals surface area contributed by atoms with Crippen LogP contribution in [0.1, 0.15) is 22.6 Å². The molecule has 7 nitrogen and oxygen atoms in total. The highest BCUT2D eigenvalue weighted by atomic mass is 16.5. The third-order valence-corrected chi connectivity index (χ3v) is 3.56. The molecule has 1 fully saturated rings. The van der Waals surface area contributed by atoms with E-state index in [4.69, 9.17) is 10.6 Å². The first-order valence-corrected chi connectivity index (χ1v) is 6.67. The van der Waals surface area contributed by atoms with Gasteiger partial charge in [-0.1, -0.05) is 0 Å². The lowest BCUT2D eigenvalue weighted by atomic mass is 10.3. The van der Waals surface area contributed by atoms with Gasteiger partial charge in [0.2, 0.25) is 0 Å². The van der Waals surface area contributed by atoms with Crippen molar-refractivity contribution in [2.45, 2.75) is 19.5 Å². The molecule has 3 rings (SSSR count). The number of rotatable bonds is 1. The largest absolute Gasteiger partial charge is 0.378 e. The molecule has 0 aliphatic carbocycles. The molecule has 1 aromatic heterocycles. The van der Waals surface area contributed by atoms with Crippen molar-refractivity contribution in [2.24, 2.45) is 5.84 Å². The van der Waals surface area contributed by atoms with Crippen LogP contribution in [0.3, 0.4) is 0 Å². The summed E-state index contributed by atoms with van der Waals surface area (Å²) in [6.45, 7) is 4.82. The first-order chi connectivity index (χ1) is 9.24. The van der Waals surface area contributed by atoms with Gasteiger partial charge >= 0.3 is 0 Å². The van der Waals surface area contributed by atoms with Crippen LogP contribution < -0.4 is 5.84 Å². The molecular formula is C12H19N5O2. The van der Waals surface area contributed by atoms with Crippen molar-refractivity contribution in [1.29, 1.82) is 0 Å². The van der Waals surface area contributed by atoms with E-state index in [0.717, 1.165) is 25.2 Å². The van der Waals surface area contributed by atoms with Gasteiger partial charge in [0.05, 0.1) is 25.5 Å². The normalized spacial score (nSPS) is 21.0. The topological polar surface area (TPSA) is 76.6 Å². The van der Waals surface area contributed by atoms with Gasteiger partial charge < -0.3 is 9.64 Å². The maximum Gasteiger partial charge on any atom is 0.274 e. The molecule has 1 saturated heterocycles. The highest BCUT2D eigenvalue weighted by Crippen LogP contribution is 2.13. The molecule has 2 aliphatic rings. The van der Waals surface area contributed by atoms with Crippen molar-refractivity contribution in [3.8, 4) is 0 Å². The first kappa shape index (κ1) is 12.6. The van der Waals surface area contributed by atoms with E-state index in [-0.39, 0.29) is 5.91 Å². The van der Waals surface area contributed by atoms with Gasteiger partial charge in [-0.05, 0) is 12.5 Å². The molecule has 19 heavy (non-hydrogen) atoms. The second kappa shape index (κ2) is 5.28. The summed E-state index contributed by atoms with van der Waals surface area (Å²) < 4.78 is 7.16. The van der Waals surface area contributed by atoms with Crippen LogP contribution in [0, 0.1) is 0 Å². The number of hydrogen-bond acceptors (Lipinski definition) is 5. The number of carbonyl (C=O) groups is 1. The molecule has 0 aromatic carbocycles. The van der Waals surface area contributed by atoms with Crippen molar-refractivity contribution in [2.75, 3.05) is 32.8 Å².